The summed E-state index contributed by atoms with van der Waals surface area (Å²) < 4.78 is 6.95. The van der Waals surface area contributed by atoms with Gasteiger partial charge in [-0.05, 0) is 30.0 Å². The van der Waals surface area contributed by atoms with Crippen molar-refractivity contribution in [3.63, 3.8) is 0 Å². The molecule has 6 heteroatoms. The van der Waals surface area contributed by atoms with Crippen LogP contribution in [0.5, 0.6) is 0 Å². The highest BCUT2D eigenvalue weighted by atomic mass is 28.4. The molecule has 3 aliphatic rings. The average molecular weight is 490 g/mol. The van der Waals surface area contributed by atoms with Crippen molar-refractivity contribution in [2.75, 3.05) is 6.61 Å². The van der Waals surface area contributed by atoms with Crippen molar-refractivity contribution in [1.82, 2.24) is 4.90 Å². The zero-order valence-corrected chi connectivity index (χ0v) is 24.3. The van der Waals surface area contributed by atoms with Crippen LogP contribution >= 0.6 is 0 Å². The van der Waals surface area contributed by atoms with Gasteiger partial charge in [-0.2, -0.15) is 0 Å². The van der Waals surface area contributed by atoms with Crippen LogP contribution in [0.2, 0.25) is 16.6 Å². The minimum atomic E-state index is -2.17. The lowest BCUT2D eigenvalue weighted by Gasteiger charge is -2.48. The Balaban J connectivity index is 1.98. The molecule has 0 radical (unpaired) electrons. The monoisotopic (exact) mass is 489 g/mol. The Kier molecular flexibility index (Phi) is 6.98. The largest absolute Gasteiger partial charge is 0.416 e. The SMILES string of the molecule is CC(C)[Si](OC[C@@H]1[C@@H](C)C(=O)CC[C@]1(C)C(=O)N1C(=O)[C@]2(C)C=C[C@H]1C2(C)C)(C(C)C)C(C)C. The maximum atomic E-state index is 14.3. The second kappa shape index (κ2) is 8.69. The number of Topliss-reactive ketones (excluding diaryl/α,β-unsaturated/α-hetero) is 1. The highest BCUT2D eigenvalue weighted by molar-refractivity contribution is 6.77. The van der Waals surface area contributed by atoms with Gasteiger partial charge in [0.2, 0.25) is 11.8 Å². The normalized spacial score (nSPS) is 35.4. The van der Waals surface area contributed by atoms with Gasteiger partial charge in [0.15, 0.2) is 8.32 Å². The predicted molar refractivity (Wildman–Crippen MR) is 139 cm³/mol. The molecule has 3 rings (SSSR count). The van der Waals surface area contributed by atoms with E-state index in [1.165, 1.54) is 4.90 Å². The number of imide groups is 1. The second-order valence-corrected chi connectivity index (χ2v) is 18.6. The van der Waals surface area contributed by atoms with Gasteiger partial charge in [-0.3, -0.25) is 19.3 Å². The highest BCUT2D eigenvalue weighted by Crippen LogP contribution is 2.58. The van der Waals surface area contributed by atoms with E-state index < -0.39 is 19.1 Å². The highest BCUT2D eigenvalue weighted by Gasteiger charge is 2.66. The van der Waals surface area contributed by atoms with Crippen LogP contribution in [0.3, 0.4) is 0 Å². The molecule has 1 saturated carbocycles. The Bertz CT molecular complexity index is 869. The summed E-state index contributed by atoms with van der Waals surface area (Å²) in [7, 11) is -2.17. The van der Waals surface area contributed by atoms with Crippen LogP contribution in [-0.4, -0.2) is 43.5 Å². The lowest BCUT2D eigenvalue weighted by molar-refractivity contribution is -0.160. The van der Waals surface area contributed by atoms with E-state index in [0.29, 0.717) is 36.1 Å². The van der Waals surface area contributed by atoms with Crippen LogP contribution in [0.25, 0.3) is 0 Å². The maximum Gasteiger partial charge on any atom is 0.240 e. The Morgan fingerprint density at radius 3 is 2.03 bits per heavy atom. The molecular weight excluding hydrogens is 442 g/mol. The van der Waals surface area contributed by atoms with Crippen molar-refractivity contribution in [1.29, 1.82) is 0 Å². The molecule has 192 valence electrons. The number of rotatable bonds is 7. The number of amides is 2. The van der Waals surface area contributed by atoms with Crippen molar-refractivity contribution >= 4 is 25.9 Å². The van der Waals surface area contributed by atoms with E-state index in [-0.39, 0.29) is 40.9 Å². The number of hydrogen-bond acceptors (Lipinski definition) is 4. The van der Waals surface area contributed by atoms with Crippen LogP contribution in [0.1, 0.15) is 89.0 Å². The first-order chi connectivity index (χ1) is 15.5. The Morgan fingerprint density at radius 2 is 1.59 bits per heavy atom. The third-order valence-corrected chi connectivity index (χ3v) is 16.5. The fraction of sp³-hybridized carbons (Fsp3) is 0.821. The van der Waals surface area contributed by atoms with Crippen LogP contribution in [0.4, 0.5) is 0 Å². The van der Waals surface area contributed by atoms with Crippen molar-refractivity contribution in [3.8, 4) is 0 Å². The molecule has 0 aromatic heterocycles. The minimum Gasteiger partial charge on any atom is -0.416 e. The number of nitrogens with zero attached hydrogens (tertiary/aromatic N) is 1. The van der Waals surface area contributed by atoms with Gasteiger partial charge in [0.25, 0.3) is 0 Å². The van der Waals surface area contributed by atoms with E-state index in [2.05, 4.69) is 55.4 Å². The van der Waals surface area contributed by atoms with E-state index in [9.17, 15) is 14.4 Å². The number of ketones is 1. The molecule has 0 aromatic carbocycles. The van der Waals surface area contributed by atoms with Gasteiger partial charge in [-0.15, -0.1) is 0 Å². The minimum absolute atomic E-state index is 0.101. The number of fused-ring (bicyclic) bond motifs is 2. The van der Waals surface area contributed by atoms with Gasteiger partial charge in [-0.25, -0.2) is 0 Å². The number of carbonyl (C=O) groups excluding carboxylic acids is 3. The molecule has 34 heavy (non-hydrogen) atoms. The summed E-state index contributed by atoms with van der Waals surface area (Å²) in [6.07, 6.45) is 4.86. The van der Waals surface area contributed by atoms with Gasteiger partial charge < -0.3 is 4.43 Å². The molecule has 1 aliphatic heterocycles. The molecule has 0 aromatic rings. The molecule has 2 aliphatic carbocycles. The number of likely N-dealkylation sites (tertiary alicyclic amines) is 1. The zero-order chi connectivity index (χ0) is 26.0. The summed E-state index contributed by atoms with van der Waals surface area (Å²) in [5, 5.41) is 0. The molecule has 0 unspecified atom stereocenters. The fourth-order valence-corrected chi connectivity index (χ4v) is 13.0. The first-order valence-electron chi connectivity index (χ1n) is 13.2. The molecule has 5 atom stereocenters. The van der Waals surface area contributed by atoms with E-state index >= 15 is 0 Å². The van der Waals surface area contributed by atoms with Gasteiger partial charge in [0.1, 0.15) is 5.78 Å². The summed E-state index contributed by atoms with van der Waals surface area (Å²) in [5.41, 5.74) is -0.546. The molecule has 2 amide bonds. The molecule has 0 N–H and O–H groups in total. The Labute approximate surface area is 208 Å². The lowest BCUT2D eigenvalue weighted by Crippen LogP contribution is -2.57. The van der Waals surface area contributed by atoms with Crippen molar-refractivity contribution in [2.45, 2.75) is 112 Å². The number of hydrogen-bond donors (Lipinski definition) is 0. The first-order valence-corrected chi connectivity index (χ1v) is 15.4. The van der Waals surface area contributed by atoms with Gasteiger partial charge in [0, 0.05) is 30.3 Å². The van der Waals surface area contributed by atoms with E-state index in [1.54, 1.807) is 0 Å². The quantitative estimate of drug-likeness (QED) is 0.245. The standard InChI is InChI=1S/C28H47NO4Si/c1-17(2)34(18(3)4,19(5)6)33-16-21-20(7)22(30)12-14-27(21,10)24(31)29-23-13-15-28(11,25(29)32)26(23,8)9/h13,15,17-21,23H,12,14,16H2,1-11H3/t20-,21-,23+,27+,28+/m1/s1. The van der Waals surface area contributed by atoms with Gasteiger partial charge in [-0.1, -0.05) is 81.4 Å². The second-order valence-electron chi connectivity index (χ2n) is 13.1. The van der Waals surface area contributed by atoms with Crippen molar-refractivity contribution in [2.24, 2.45) is 28.1 Å². The third kappa shape index (κ3) is 3.53. The van der Waals surface area contributed by atoms with Crippen LogP contribution in [0.15, 0.2) is 12.2 Å². The summed E-state index contributed by atoms with van der Waals surface area (Å²) in [4.78, 5) is 42.2. The Morgan fingerprint density at radius 1 is 1.06 bits per heavy atom. The molecule has 5 nitrogen and oxygen atoms in total. The smallest absolute Gasteiger partial charge is 0.240 e. The number of carbonyl (C=O) groups is 3. The van der Waals surface area contributed by atoms with E-state index in [0.717, 1.165) is 0 Å². The van der Waals surface area contributed by atoms with Gasteiger partial charge >= 0.3 is 0 Å². The van der Waals surface area contributed by atoms with Gasteiger partial charge in [0.05, 0.1) is 16.9 Å². The van der Waals surface area contributed by atoms with E-state index in [4.69, 9.17) is 4.43 Å². The molecule has 1 saturated heterocycles. The molecule has 2 bridgehead atoms. The zero-order valence-electron chi connectivity index (χ0n) is 23.3. The summed E-state index contributed by atoms with van der Waals surface area (Å²) >= 11 is 0. The molecule has 0 spiro atoms. The summed E-state index contributed by atoms with van der Waals surface area (Å²) in [5.74, 6) is -0.532. The first kappa shape index (κ1) is 27.3. The third-order valence-electron chi connectivity index (χ3n) is 10.4. The summed E-state index contributed by atoms with van der Waals surface area (Å²) in [6, 6.07) is -0.237. The Hall–Kier alpha value is -1.27. The summed E-state index contributed by atoms with van der Waals surface area (Å²) in [6.45, 7) is 23.9. The van der Waals surface area contributed by atoms with Crippen molar-refractivity contribution in [3.05, 3.63) is 12.2 Å². The van der Waals surface area contributed by atoms with Crippen LogP contribution in [0, 0.1) is 28.1 Å². The van der Waals surface area contributed by atoms with E-state index in [1.807, 2.05) is 32.9 Å². The van der Waals surface area contributed by atoms with Crippen LogP contribution in [-0.2, 0) is 18.8 Å². The fourth-order valence-electron chi connectivity index (χ4n) is 7.57. The molecule has 1 heterocycles. The predicted octanol–water partition coefficient (Wildman–Crippen LogP) is 6.14. The topological polar surface area (TPSA) is 63.7 Å². The molecular formula is C28H47NO4Si. The van der Waals surface area contributed by atoms with Crippen molar-refractivity contribution < 1.29 is 18.8 Å². The average Bonchev–Trinajstić information content (AvgIpc) is 3.04. The maximum absolute atomic E-state index is 14.3. The molecule has 2 fully saturated rings. The van der Waals surface area contributed by atoms with Crippen LogP contribution < -0.4 is 0 Å². The lowest BCUT2D eigenvalue weighted by atomic mass is 9.62.